The van der Waals surface area contributed by atoms with Crippen LogP contribution < -0.4 is 5.73 Å². The van der Waals surface area contributed by atoms with Crippen molar-refractivity contribution in [1.29, 1.82) is 5.26 Å². The zero-order valence-corrected chi connectivity index (χ0v) is 19.1. The molecule has 2 rings (SSSR count). The van der Waals surface area contributed by atoms with E-state index in [0.717, 1.165) is 30.8 Å². The first kappa shape index (κ1) is 24.0. The number of nitrogens with two attached hydrogens (primary N) is 1. The quantitative estimate of drug-likeness (QED) is 0.204. The number of hydrogen-bond donors (Lipinski definition) is 1. The summed E-state index contributed by atoms with van der Waals surface area (Å²) in [5.74, 6) is 0.540. The molecule has 160 valence electrons. The molecule has 2 aromatic rings. The number of carbonyl (C=O) groups is 1. The molecule has 0 saturated heterocycles. The maximum Gasteiger partial charge on any atom is 0.191 e. The van der Waals surface area contributed by atoms with Gasteiger partial charge in [0, 0.05) is 22.8 Å². The molecule has 6 nitrogen and oxygen atoms in total. The molecular weight excluding hydrogens is 418 g/mol. The first-order chi connectivity index (χ1) is 14.5. The number of nitriles is 1. The SMILES string of the molecule is CCCCCCCCn1c(SCC(=O)/C(C#N)=C(\C)N)nnc1-c1ccc(Cl)cc1. The van der Waals surface area contributed by atoms with Crippen LogP contribution in [0, 0.1) is 11.3 Å². The molecule has 0 amide bonds. The Morgan fingerprint density at radius 3 is 2.47 bits per heavy atom. The maximum absolute atomic E-state index is 12.3. The van der Waals surface area contributed by atoms with Crippen molar-refractivity contribution < 1.29 is 4.79 Å². The molecular formula is C22H28ClN5OS. The van der Waals surface area contributed by atoms with Crippen LogP contribution in [0.3, 0.4) is 0 Å². The molecule has 0 radical (unpaired) electrons. The van der Waals surface area contributed by atoms with Crippen molar-refractivity contribution in [2.24, 2.45) is 5.73 Å². The summed E-state index contributed by atoms with van der Waals surface area (Å²) in [6, 6.07) is 9.36. The van der Waals surface area contributed by atoms with E-state index in [1.165, 1.54) is 37.4 Å². The highest BCUT2D eigenvalue weighted by molar-refractivity contribution is 7.99. The summed E-state index contributed by atoms with van der Waals surface area (Å²) < 4.78 is 2.05. The van der Waals surface area contributed by atoms with E-state index in [1.807, 2.05) is 34.9 Å². The summed E-state index contributed by atoms with van der Waals surface area (Å²) in [7, 11) is 0. The standard InChI is InChI=1S/C22H28ClN5OS/c1-3-4-5-6-7-8-13-28-21(17-9-11-18(23)12-10-17)26-27-22(28)30-15-20(29)19(14-24)16(2)25/h9-12H,3-8,13,15,25H2,1-2H3/b19-16+. The fourth-order valence-corrected chi connectivity index (χ4v) is 4.00. The van der Waals surface area contributed by atoms with Crippen LogP contribution in [0.5, 0.6) is 0 Å². The summed E-state index contributed by atoms with van der Waals surface area (Å²) in [6.07, 6.45) is 7.09. The number of hydrogen-bond acceptors (Lipinski definition) is 6. The van der Waals surface area contributed by atoms with Gasteiger partial charge in [0.05, 0.1) is 5.75 Å². The first-order valence-corrected chi connectivity index (χ1v) is 11.6. The van der Waals surface area contributed by atoms with Crippen molar-refractivity contribution in [3.05, 3.63) is 40.6 Å². The van der Waals surface area contributed by atoms with Gasteiger partial charge in [-0.1, -0.05) is 62.4 Å². The van der Waals surface area contributed by atoms with Crippen molar-refractivity contribution in [2.75, 3.05) is 5.75 Å². The molecule has 2 N–H and O–H groups in total. The predicted molar refractivity (Wildman–Crippen MR) is 122 cm³/mol. The van der Waals surface area contributed by atoms with Crippen molar-refractivity contribution in [3.63, 3.8) is 0 Å². The minimum Gasteiger partial charge on any atom is -0.401 e. The monoisotopic (exact) mass is 445 g/mol. The summed E-state index contributed by atoms with van der Waals surface area (Å²) in [4.78, 5) is 12.3. The van der Waals surface area contributed by atoms with Crippen LogP contribution in [0.4, 0.5) is 0 Å². The number of carbonyl (C=O) groups excluding carboxylic acids is 1. The Bertz CT molecular complexity index is 911. The number of aromatic nitrogens is 3. The zero-order valence-electron chi connectivity index (χ0n) is 17.5. The van der Waals surface area contributed by atoms with Gasteiger partial charge in [-0.25, -0.2) is 0 Å². The lowest BCUT2D eigenvalue weighted by Gasteiger charge is -2.10. The lowest BCUT2D eigenvalue weighted by Crippen LogP contribution is -2.11. The van der Waals surface area contributed by atoms with Crippen LogP contribution in [0.2, 0.25) is 5.02 Å². The Kier molecular flexibility index (Phi) is 9.92. The number of halogens is 1. The van der Waals surface area contributed by atoms with Gasteiger partial charge in [0.2, 0.25) is 0 Å². The Balaban J connectivity index is 2.16. The fourth-order valence-electron chi connectivity index (χ4n) is 3.03. The van der Waals surface area contributed by atoms with Crippen molar-refractivity contribution >= 4 is 29.1 Å². The number of ketones is 1. The molecule has 8 heteroatoms. The Hall–Kier alpha value is -2.30. The van der Waals surface area contributed by atoms with Gasteiger partial charge in [0.15, 0.2) is 16.8 Å². The van der Waals surface area contributed by atoms with Gasteiger partial charge in [-0.2, -0.15) is 5.26 Å². The lowest BCUT2D eigenvalue weighted by atomic mass is 10.1. The zero-order chi connectivity index (χ0) is 21.9. The van der Waals surface area contributed by atoms with Gasteiger partial charge in [-0.15, -0.1) is 10.2 Å². The predicted octanol–water partition coefficient (Wildman–Crippen LogP) is 5.38. The number of benzene rings is 1. The normalized spacial score (nSPS) is 11.8. The molecule has 0 unspecified atom stereocenters. The molecule has 30 heavy (non-hydrogen) atoms. The third-order valence-electron chi connectivity index (χ3n) is 4.67. The molecule has 1 aromatic carbocycles. The van der Waals surface area contributed by atoms with Crippen molar-refractivity contribution in [1.82, 2.24) is 14.8 Å². The first-order valence-electron chi connectivity index (χ1n) is 10.2. The Morgan fingerprint density at radius 2 is 1.83 bits per heavy atom. The minimum absolute atomic E-state index is 0.00224. The molecule has 0 aliphatic carbocycles. The largest absolute Gasteiger partial charge is 0.401 e. The molecule has 0 bridgehead atoms. The number of nitrogens with zero attached hydrogens (tertiary/aromatic N) is 4. The van der Waals surface area contributed by atoms with Crippen LogP contribution >= 0.6 is 23.4 Å². The molecule has 0 aliphatic rings. The Morgan fingerprint density at radius 1 is 1.17 bits per heavy atom. The van der Waals surface area contributed by atoms with Crippen LogP contribution in [0.15, 0.2) is 40.7 Å². The van der Waals surface area contributed by atoms with E-state index in [1.54, 1.807) is 6.92 Å². The molecule has 1 heterocycles. The fraction of sp³-hybridized carbons (Fsp3) is 0.455. The third kappa shape index (κ3) is 6.89. The summed E-state index contributed by atoms with van der Waals surface area (Å²) in [6.45, 7) is 4.53. The second-order valence-electron chi connectivity index (χ2n) is 7.11. The summed E-state index contributed by atoms with van der Waals surface area (Å²) in [5.41, 5.74) is 6.80. The van der Waals surface area contributed by atoms with Gasteiger partial charge in [0.1, 0.15) is 11.6 Å². The number of unbranched alkanes of at least 4 members (excludes halogenated alkanes) is 5. The molecule has 0 fully saturated rings. The van der Waals surface area contributed by atoms with Gasteiger partial charge >= 0.3 is 0 Å². The van der Waals surface area contributed by atoms with Crippen LogP contribution in [0.25, 0.3) is 11.4 Å². The number of Topliss-reactive ketones (excluding diaryl/α,β-unsaturated/α-hetero) is 1. The van der Waals surface area contributed by atoms with Gasteiger partial charge < -0.3 is 10.3 Å². The Labute approximate surface area is 187 Å². The topological polar surface area (TPSA) is 97.6 Å². The van der Waals surface area contributed by atoms with E-state index in [9.17, 15) is 4.79 Å². The van der Waals surface area contributed by atoms with Gasteiger partial charge in [0.25, 0.3) is 0 Å². The molecule has 0 saturated carbocycles. The average molecular weight is 446 g/mol. The van der Waals surface area contributed by atoms with Crippen LogP contribution in [-0.4, -0.2) is 26.3 Å². The lowest BCUT2D eigenvalue weighted by molar-refractivity contribution is -0.112. The second-order valence-corrected chi connectivity index (χ2v) is 8.49. The van der Waals surface area contributed by atoms with E-state index in [2.05, 4.69) is 17.1 Å². The second kappa shape index (κ2) is 12.4. The average Bonchev–Trinajstić information content (AvgIpc) is 3.12. The van der Waals surface area contributed by atoms with Crippen molar-refractivity contribution in [3.8, 4) is 17.5 Å². The van der Waals surface area contributed by atoms with Crippen LogP contribution in [-0.2, 0) is 11.3 Å². The maximum atomic E-state index is 12.3. The molecule has 1 aromatic heterocycles. The minimum atomic E-state index is -0.301. The molecule has 0 aliphatic heterocycles. The van der Waals surface area contributed by atoms with E-state index in [4.69, 9.17) is 22.6 Å². The van der Waals surface area contributed by atoms with E-state index in [-0.39, 0.29) is 22.8 Å². The molecule has 0 spiro atoms. The van der Waals surface area contributed by atoms with Crippen molar-refractivity contribution in [2.45, 2.75) is 64.1 Å². The highest BCUT2D eigenvalue weighted by Crippen LogP contribution is 2.26. The summed E-state index contributed by atoms with van der Waals surface area (Å²) in [5, 5.41) is 19.1. The summed E-state index contributed by atoms with van der Waals surface area (Å²) >= 11 is 7.30. The van der Waals surface area contributed by atoms with E-state index >= 15 is 0 Å². The van der Waals surface area contributed by atoms with Gasteiger partial charge in [-0.05, 0) is 37.6 Å². The number of rotatable bonds is 12. The highest BCUT2D eigenvalue weighted by atomic mass is 35.5. The van der Waals surface area contributed by atoms with Gasteiger partial charge in [-0.3, -0.25) is 4.79 Å². The highest BCUT2D eigenvalue weighted by Gasteiger charge is 2.18. The molecule has 0 atom stereocenters. The number of allylic oxidation sites excluding steroid dienone is 2. The van der Waals surface area contributed by atoms with E-state index < -0.39 is 0 Å². The number of thioether (sulfide) groups is 1. The van der Waals surface area contributed by atoms with E-state index in [0.29, 0.717) is 10.2 Å². The third-order valence-corrected chi connectivity index (χ3v) is 5.89. The smallest absolute Gasteiger partial charge is 0.191 e. The van der Waals surface area contributed by atoms with Crippen LogP contribution in [0.1, 0.15) is 52.4 Å².